The van der Waals surface area contributed by atoms with Gasteiger partial charge in [-0.25, -0.2) is 4.98 Å². The van der Waals surface area contributed by atoms with Crippen LogP contribution in [-0.4, -0.2) is 26.6 Å². The number of nitrogens with zero attached hydrogens (tertiary/aromatic N) is 3. The molecule has 0 spiro atoms. The topological polar surface area (TPSA) is 84.8 Å². The van der Waals surface area contributed by atoms with Gasteiger partial charge >= 0.3 is 0 Å². The third kappa shape index (κ3) is 3.04. The molecule has 0 aromatic carbocycles. The number of Topliss-reactive ketones (excluding diaryl/α,β-unsaturated/α-hetero) is 1. The summed E-state index contributed by atoms with van der Waals surface area (Å²) in [6, 6.07) is 3.32. The van der Waals surface area contributed by atoms with Crippen molar-refractivity contribution in [1.82, 2.24) is 20.3 Å². The fourth-order valence-electron chi connectivity index (χ4n) is 2.93. The maximum absolute atomic E-state index is 12.3. The lowest BCUT2D eigenvalue weighted by Gasteiger charge is -2.14. The monoisotopic (exact) mass is 322 g/mol. The number of ketones is 1. The molecule has 2 aliphatic rings. The highest BCUT2D eigenvalue weighted by Gasteiger charge is 2.25. The zero-order valence-corrected chi connectivity index (χ0v) is 13.3. The second kappa shape index (κ2) is 6.11. The summed E-state index contributed by atoms with van der Waals surface area (Å²) in [5, 5.41) is 2.81. The molecule has 0 atom stereocenters. The number of carbonyl (C=O) groups is 2. The standard InChI is InChI=1S/C18H18N4O2/c23-17-3-1-2-14-13(17)6-7-15(22-14)18(24)21-9-12-8-20-16(10-19-12)11-4-5-11/h6-8,10-11H,1-5,9H2,(H,21,24). The molecular formula is C18H18N4O2. The van der Waals surface area contributed by atoms with E-state index in [9.17, 15) is 9.59 Å². The number of rotatable bonds is 4. The van der Waals surface area contributed by atoms with E-state index < -0.39 is 0 Å². The maximum atomic E-state index is 12.3. The second-order valence-electron chi connectivity index (χ2n) is 6.36. The largest absolute Gasteiger partial charge is 0.345 e. The van der Waals surface area contributed by atoms with Gasteiger partial charge < -0.3 is 5.32 Å². The zero-order valence-electron chi connectivity index (χ0n) is 13.3. The molecule has 24 heavy (non-hydrogen) atoms. The van der Waals surface area contributed by atoms with Crippen molar-refractivity contribution in [2.45, 2.75) is 44.6 Å². The molecule has 2 aromatic heterocycles. The molecule has 4 rings (SSSR count). The first-order valence-electron chi connectivity index (χ1n) is 8.33. The Morgan fingerprint density at radius 1 is 1.17 bits per heavy atom. The van der Waals surface area contributed by atoms with E-state index in [1.807, 2.05) is 0 Å². The minimum atomic E-state index is -0.260. The normalized spacial score (nSPS) is 16.6. The predicted octanol–water partition coefficient (Wildman–Crippen LogP) is 2.20. The Balaban J connectivity index is 1.41. The molecule has 0 aliphatic heterocycles. The molecule has 0 radical (unpaired) electrons. The van der Waals surface area contributed by atoms with Crippen LogP contribution in [-0.2, 0) is 13.0 Å². The number of nitrogens with one attached hydrogen (secondary N) is 1. The van der Waals surface area contributed by atoms with E-state index in [-0.39, 0.29) is 11.7 Å². The number of amides is 1. The van der Waals surface area contributed by atoms with Crippen LogP contribution in [0.25, 0.3) is 0 Å². The van der Waals surface area contributed by atoms with Gasteiger partial charge in [0.25, 0.3) is 5.91 Å². The van der Waals surface area contributed by atoms with Gasteiger partial charge in [-0.05, 0) is 37.8 Å². The van der Waals surface area contributed by atoms with E-state index >= 15 is 0 Å². The second-order valence-corrected chi connectivity index (χ2v) is 6.36. The first kappa shape index (κ1) is 14.9. The molecule has 1 amide bonds. The van der Waals surface area contributed by atoms with Crippen molar-refractivity contribution in [3.8, 4) is 0 Å². The number of hydrogen-bond acceptors (Lipinski definition) is 5. The van der Waals surface area contributed by atoms with E-state index in [1.165, 1.54) is 12.8 Å². The lowest BCUT2D eigenvalue weighted by molar-refractivity contribution is 0.0938. The van der Waals surface area contributed by atoms with Crippen LogP contribution in [0.1, 0.15) is 69.5 Å². The van der Waals surface area contributed by atoms with Crippen LogP contribution < -0.4 is 5.32 Å². The van der Waals surface area contributed by atoms with Crippen molar-refractivity contribution in [2.24, 2.45) is 0 Å². The average molecular weight is 322 g/mol. The van der Waals surface area contributed by atoms with Crippen molar-refractivity contribution in [2.75, 3.05) is 0 Å². The smallest absolute Gasteiger partial charge is 0.270 e. The molecule has 122 valence electrons. The Morgan fingerprint density at radius 3 is 2.79 bits per heavy atom. The van der Waals surface area contributed by atoms with Crippen molar-refractivity contribution in [3.63, 3.8) is 0 Å². The number of aromatic nitrogens is 3. The number of hydrogen-bond donors (Lipinski definition) is 1. The zero-order chi connectivity index (χ0) is 16.5. The molecule has 0 bridgehead atoms. The number of carbonyl (C=O) groups excluding carboxylic acids is 2. The Morgan fingerprint density at radius 2 is 2.04 bits per heavy atom. The molecule has 6 heteroatoms. The molecule has 2 heterocycles. The highest BCUT2D eigenvalue weighted by Crippen LogP contribution is 2.38. The van der Waals surface area contributed by atoms with Crippen LogP contribution in [0.3, 0.4) is 0 Å². The molecule has 1 saturated carbocycles. The molecular weight excluding hydrogens is 304 g/mol. The minimum Gasteiger partial charge on any atom is -0.345 e. The van der Waals surface area contributed by atoms with Crippen molar-refractivity contribution in [3.05, 3.63) is 52.9 Å². The van der Waals surface area contributed by atoms with E-state index in [2.05, 4.69) is 20.3 Å². The van der Waals surface area contributed by atoms with Crippen LogP contribution in [0.15, 0.2) is 24.5 Å². The quantitative estimate of drug-likeness (QED) is 0.933. The van der Waals surface area contributed by atoms with Crippen LogP contribution in [0.2, 0.25) is 0 Å². The fourth-order valence-corrected chi connectivity index (χ4v) is 2.93. The summed E-state index contributed by atoms with van der Waals surface area (Å²) < 4.78 is 0. The minimum absolute atomic E-state index is 0.113. The van der Waals surface area contributed by atoms with Crippen LogP contribution in [0.4, 0.5) is 0 Å². The number of fused-ring (bicyclic) bond motifs is 1. The molecule has 2 aromatic rings. The fraction of sp³-hybridized carbons (Fsp3) is 0.389. The Hall–Kier alpha value is -2.63. The average Bonchev–Trinajstić information content (AvgIpc) is 3.45. The van der Waals surface area contributed by atoms with Gasteiger partial charge in [0.15, 0.2) is 5.78 Å². The highest BCUT2D eigenvalue weighted by atomic mass is 16.2. The van der Waals surface area contributed by atoms with Gasteiger partial charge in [-0.3, -0.25) is 19.6 Å². The van der Waals surface area contributed by atoms with E-state index in [1.54, 1.807) is 24.5 Å². The number of aryl methyl sites for hydroxylation is 1. The lowest BCUT2D eigenvalue weighted by Crippen LogP contribution is -2.25. The molecule has 1 fully saturated rings. The van der Waals surface area contributed by atoms with Crippen LogP contribution in [0.5, 0.6) is 0 Å². The van der Waals surface area contributed by atoms with Gasteiger partial charge in [-0.1, -0.05) is 0 Å². The molecule has 0 saturated heterocycles. The first-order valence-corrected chi connectivity index (χ1v) is 8.33. The van der Waals surface area contributed by atoms with Gasteiger partial charge in [-0.15, -0.1) is 0 Å². The Labute approximate surface area is 139 Å². The summed E-state index contributed by atoms with van der Waals surface area (Å²) >= 11 is 0. The molecule has 6 nitrogen and oxygen atoms in total. The third-order valence-corrected chi connectivity index (χ3v) is 4.48. The Kier molecular flexibility index (Phi) is 3.80. The SMILES string of the molecule is O=C(NCc1cnc(C2CC2)cn1)c1ccc2c(n1)CCCC2=O. The number of pyridine rings is 1. The van der Waals surface area contributed by atoms with Crippen LogP contribution in [0, 0.1) is 0 Å². The van der Waals surface area contributed by atoms with Crippen molar-refractivity contribution in [1.29, 1.82) is 0 Å². The summed E-state index contributed by atoms with van der Waals surface area (Å²) in [6.07, 6.45) is 8.00. The van der Waals surface area contributed by atoms with Gasteiger partial charge in [0.2, 0.25) is 0 Å². The van der Waals surface area contributed by atoms with E-state index in [0.717, 1.165) is 29.9 Å². The molecule has 2 aliphatic carbocycles. The van der Waals surface area contributed by atoms with Gasteiger partial charge in [0, 0.05) is 24.1 Å². The summed E-state index contributed by atoms with van der Waals surface area (Å²) in [5.74, 6) is 0.425. The Bertz CT molecular complexity index is 797. The molecule has 0 unspecified atom stereocenters. The van der Waals surface area contributed by atoms with Crippen molar-refractivity contribution >= 4 is 11.7 Å². The van der Waals surface area contributed by atoms with Gasteiger partial charge in [-0.2, -0.15) is 0 Å². The van der Waals surface area contributed by atoms with Gasteiger partial charge in [0.05, 0.1) is 29.8 Å². The first-order chi connectivity index (χ1) is 11.7. The molecule has 1 N–H and O–H groups in total. The maximum Gasteiger partial charge on any atom is 0.270 e. The summed E-state index contributed by atoms with van der Waals surface area (Å²) in [4.78, 5) is 37.2. The van der Waals surface area contributed by atoms with E-state index in [0.29, 0.717) is 30.1 Å². The summed E-state index contributed by atoms with van der Waals surface area (Å²) in [6.45, 7) is 0.314. The van der Waals surface area contributed by atoms with Crippen molar-refractivity contribution < 1.29 is 9.59 Å². The summed E-state index contributed by atoms with van der Waals surface area (Å²) in [7, 11) is 0. The van der Waals surface area contributed by atoms with E-state index in [4.69, 9.17) is 0 Å². The highest BCUT2D eigenvalue weighted by molar-refractivity contribution is 5.99. The summed E-state index contributed by atoms with van der Waals surface area (Å²) in [5.41, 5.74) is 3.48. The lowest BCUT2D eigenvalue weighted by atomic mass is 9.94. The third-order valence-electron chi connectivity index (χ3n) is 4.48. The van der Waals surface area contributed by atoms with Gasteiger partial charge in [0.1, 0.15) is 5.69 Å². The predicted molar refractivity (Wildman–Crippen MR) is 86.7 cm³/mol. The van der Waals surface area contributed by atoms with Crippen LogP contribution >= 0.6 is 0 Å².